The first kappa shape index (κ1) is 19.4. The monoisotopic (exact) mass is 326 g/mol. The zero-order valence-electron chi connectivity index (χ0n) is 11.8. The van der Waals surface area contributed by atoms with E-state index in [0.717, 1.165) is 0 Å². The number of aldehydes is 1. The lowest BCUT2D eigenvalue weighted by Gasteiger charge is -2.40. The van der Waals surface area contributed by atoms with Gasteiger partial charge >= 0.3 is 0 Å². The third kappa shape index (κ3) is 4.19. The van der Waals surface area contributed by atoms with E-state index in [1.165, 1.54) is 6.92 Å². The van der Waals surface area contributed by atoms with Crippen molar-refractivity contribution in [1.29, 1.82) is 0 Å². The van der Waals surface area contributed by atoms with Gasteiger partial charge in [-0.1, -0.05) is 0 Å². The van der Waals surface area contributed by atoms with E-state index in [9.17, 15) is 35.4 Å². The molecule has 22 heavy (non-hydrogen) atoms. The molecule has 1 aliphatic heterocycles. The highest BCUT2D eigenvalue weighted by Crippen LogP contribution is 2.23. The van der Waals surface area contributed by atoms with Crippen LogP contribution < -0.4 is 0 Å². The van der Waals surface area contributed by atoms with Gasteiger partial charge in [-0.3, -0.25) is 0 Å². The Labute approximate surface area is 126 Å². The molecule has 0 aliphatic carbocycles. The van der Waals surface area contributed by atoms with Gasteiger partial charge < -0.3 is 50.0 Å². The molecule has 9 atom stereocenters. The lowest BCUT2D eigenvalue weighted by atomic mass is 9.99. The number of aliphatic hydroxyl groups excluding tert-OH is 7. The van der Waals surface area contributed by atoms with E-state index in [1.54, 1.807) is 0 Å². The Bertz CT molecular complexity index is 353. The molecule has 7 N–H and O–H groups in total. The summed E-state index contributed by atoms with van der Waals surface area (Å²) < 4.78 is 10.1. The van der Waals surface area contributed by atoms with Gasteiger partial charge in [-0.25, -0.2) is 0 Å². The topological polar surface area (TPSA) is 177 Å². The van der Waals surface area contributed by atoms with Gasteiger partial charge in [0, 0.05) is 0 Å². The molecule has 0 spiro atoms. The summed E-state index contributed by atoms with van der Waals surface area (Å²) >= 11 is 0. The lowest BCUT2D eigenvalue weighted by Crippen LogP contribution is -2.59. The molecule has 0 aromatic heterocycles. The second-order valence-corrected chi connectivity index (χ2v) is 5.15. The van der Waals surface area contributed by atoms with Crippen LogP contribution in [0, 0.1) is 0 Å². The third-order valence-electron chi connectivity index (χ3n) is 3.50. The van der Waals surface area contributed by atoms with E-state index >= 15 is 0 Å². The van der Waals surface area contributed by atoms with Gasteiger partial charge in [0.1, 0.15) is 42.7 Å². The fourth-order valence-corrected chi connectivity index (χ4v) is 2.00. The maximum absolute atomic E-state index is 11.0. The van der Waals surface area contributed by atoms with E-state index in [1.807, 2.05) is 0 Å². The zero-order chi connectivity index (χ0) is 17.0. The number of rotatable bonds is 7. The van der Waals surface area contributed by atoms with Crippen molar-refractivity contribution in [2.45, 2.75) is 62.0 Å². The standard InChI is InChI=1S/C12H22O10/c1-4-7(16)10(19)11(20)12(21-4)22-6(3-14)9(18)8(17)5(15)2-13/h3-13,15-20H,2H2,1H3/t4-,5+,6-,7-,8-,9+,10+,11+,12-/m0/s1. The largest absolute Gasteiger partial charge is 0.394 e. The van der Waals surface area contributed by atoms with Crippen LogP contribution in [0.2, 0.25) is 0 Å². The van der Waals surface area contributed by atoms with Crippen LogP contribution in [-0.2, 0) is 14.3 Å². The van der Waals surface area contributed by atoms with Crippen molar-refractivity contribution < 1.29 is 50.0 Å². The number of carbonyl (C=O) groups excluding carboxylic acids is 1. The summed E-state index contributed by atoms with van der Waals surface area (Å²) in [6.45, 7) is 0.543. The number of hydrogen-bond acceptors (Lipinski definition) is 10. The number of carbonyl (C=O) groups is 1. The molecular formula is C12H22O10. The molecule has 1 heterocycles. The molecule has 0 bridgehead atoms. The van der Waals surface area contributed by atoms with E-state index in [-0.39, 0.29) is 6.29 Å². The summed E-state index contributed by atoms with van der Waals surface area (Å²) in [5.74, 6) is 0. The van der Waals surface area contributed by atoms with Gasteiger partial charge in [-0.05, 0) is 6.92 Å². The highest BCUT2D eigenvalue weighted by Gasteiger charge is 2.44. The van der Waals surface area contributed by atoms with Crippen LogP contribution >= 0.6 is 0 Å². The van der Waals surface area contributed by atoms with Gasteiger partial charge in [0.2, 0.25) is 0 Å². The predicted molar refractivity (Wildman–Crippen MR) is 68.4 cm³/mol. The average molecular weight is 326 g/mol. The van der Waals surface area contributed by atoms with Gasteiger partial charge in [-0.15, -0.1) is 0 Å². The van der Waals surface area contributed by atoms with Gasteiger partial charge in [0.25, 0.3) is 0 Å². The first-order valence-electron chi connectivity index (χ1n) is 6.70. The lowest BCUT2D eigenvalue weighted by molar-refractivity contribution is -0.308. The molecule has 10 nitrogen and oxygen atoms in total. The summed E-state index contributed by atoms with van der Waals surface area (Å²) in [5, 5.41) is 66.1. The van der Waals surface area contributed by atoms with Gasteiger partial charge in [0.15, 0.2) is 12.6 Å². The zero-order valence-corrected chi connectivity index (χ0v) is 11.8. The highest BCUT2D eigenvalue weighted by atomic mass is 16.7. The van der Waals surface area contributed by atoms with E-state index in [0.29, 0.717) is 0 Å². The molecular weight excluding hydrogens is 304 g/mol. The highest BCUT2D eigenvalue weighted by molar-refractivity contribution is 5.57. The Morgan fingerprint density at radius 3 is 2.18 bits per heavy atom. The normalized spacial score (nSPS) is 38.1. The van der Waals surface area contributed by atoms with Crippen molar-refractivity contribution in [3.8, 4) is 0 Å². The number of hydrogen-bond donors (Lipinski definition) is 7. The van der Waals surface area contributed by atoms with Crippen LogP contribution in [0.1, 0.15) is 6.92 Å². The molecule has 130 valence electrons. The van der Waals surface area contributed by atoms with Crippen molar-refractivity contribution >= 4 is 6.29 Å². The van der Waals surface area contributed by atoms with E-state index in [4.69, 9.17) is 14.6 Å². The van der Waals surface area contributed by atoms with Crippen LogP contribution in [0.15, 0.2) is 0 Å². The van der Waals surface area contributed by atoms with Crippen molar-refractivity contribution in [3.63, 3.8) is 0 Å². The second kappa shape index (κ2) is 8.24. The SMILES string of the molecule is C[C@@H]1O[C@@H](O[C@@H](C=O)[C@@H](O)[C@@H](O)[C@H](O)CO)[C@H](O)[C@H](O)[C@H]1O. The van der Waals surface area contributed by atoms with E-state index in [2.05, 4.69) is 0 Å². The smallest absolute Gasteiger partial charge is 0.187 e. The van der Waals surface area contributed by atoms with Crippen molar-refractivity contribution in [3.05, 3.63) is 0 Å². The first-order chi connectivity index (χ1) is 10.2. The minimum Gasteiger partial charge on any atom is -0.394 e. The summed E-state index contributed by atoms with van der Waals surface area (Å²) in [5.41, 5.74) is 0. The molecule has 0 radical (unpaired) electrons. The number of ether oxygens (including phenoxy) is 2. The quantitative estimate of drug-likeness (QED) is 0.225. The molecule has 10 heteroatoms. The molecule has 1 aliphatic rings. The molecule has 1 fully saturated rings. The maximum atomic E-state index is 11.0. The first-order valence-corrected chi connectivity index (χ1v) is 6.70. The van der Waals surface area contributed by atoms with Gasteiger partial charge in [-0.2, -0.15) is 0 Å². The molecule has 0 saturated carbocycles. The summed E-state index contributed by atoms with van der Waals surface area (Å²) in [4.78, 5) is 11.0. The molecule has 0 unspecified atom stereocenters. The minimum absolute atomic E-state index is 0.107. The minimum atomic E-state index is -1.91. The molecule has 0 aromatic rings. The van der Waals surface area contributed by atoms with Crippen LogP contribution in [0.25, 0.3) is 0 Å². The van der Waals surface area contributed by atoms with E-state index < -0.39 is 61.7 Å². The van der Waals surface area contributed by atoms with Crippen LogP contribution in [0.3, 0.4) is 0 Å². The summed E-state index contributed by atoms with van der Waals surface area (Å²) in [6.07, 6.45) is -14.2. The second-order valence-electron chi connectivity index (χ2n) is 5.15. The van der Waals surface area contributed by atoms with Crippen LogP contribution in [0.4, 0.5) is 0 Å². The molecule has 1 saturated heterocycles. The molecule has 0 amide bonds. The van der Waals surface area contributed by atoms with Crippen molar-refractivity contribution in [1.82, 2.24) is 0 Å². The molecule has 0 aromatic carbocycles. The van der Waals surface area contributed by atoms with Gasteiger partial charge in [0.05, 0.1) is 12.7 Å². The Kier molecular flexibility index (Phi) is 7.25. The molecule has 1 rings (SSSR count). The Morgan fingerprint density at radius 2 is 1.68 bits per heavy atom. The van der Waals surface area contributed by atoms with Crippen molar-refractivity contribution in [2.24, 2.45) is 0 Å². The Hall–Kier alpha value is -0.690. The number of aliphatic hydroxyl groups is 7. The average Bonchev–Trinajstić information content (AvgIpc) is 2.52. The Morgan fingerprint density at radius 1 is 1.09 bits per heavy atom. The maximum Gasteiger partial charge on any atom is 0.187 e. The predicted octanol–water partition coefficient (Wildman–Crippen LogP) is -4.53. The summed E-state index contributed by atoms with van der Waals surface area (Å²) in [6, 6.07) is 0. The Balaban J connectivity index is 2.75. The fourth-order valence-electron chi connectivity index (χ4n) is 2.00. The van der Waals surface area contributed by atoms with Crippen LogP contribution in [0.5, 0.6) is 0 Å². The van der Waals surface area contributed by atoms with Crippen molar-refractivity contribution in [2.75, 3.05) is 6.61 Å². The fraction of sp³-hybridized carbons (Fsp3) is 0.917. The summed E-state index contributed by atoms with van der Waals surface area (Å²) in [7, 11) is 0. The third-order valence-corrected chi connectivity index (χ3v) is 3.50. The van der Waals surface area contributed by atoms with Crippen LogP contribution in [-0.4, -0.2) is 104 Å².